The van der Waals surface area contributed by atoms with Gasteiger partial charge in [-0.2, -0.15) is 4.99 Å². The summed E-state index contributed by atoms with van der Waals surface area (Å²) in [7, 11) is 1.54. The van der Waals surface area contributed by atoms with Crippen molar-refractivity contribution in [3.05, 3.63) is 28.8 Å². The Balaban J connectivity index is 2.26. The van der Waals surface area contributed by atoms with Gasteiger partial charge in [0, 0.05) is 22.9 Å². The highest BCUT2D eigenvalue weighted by Gasteiger charge is 2.35. The Hall–Kier alpha value is -1.20. The molecule has 0 atom stereocenters. The lowest BCUT2D eigenvalue weighted by atomic mass is 10.1. The molecule has 0 spiro atoms. The van der Waals surface area contributed by atoms with Crippen molar-refractivity contribution in [1.29, 1.82) is 0 Å². The van der Waals surface area contributed by atoms with Gasteiger partial charge in [0.25, 0.3) is 5.91 Å². The predicted molar refractivity (Wildman–Crippen MR) is 102 cm³/mol. The Labute approximate surface area is 153 Å². The van der Waals surface area contributed by atoms with E-state index in [0.29, 0.717) is 22.3 Å². The number of hydrogen-bond acceptors (Lipinski definition) is 3. The fourth-order valence-corrected chi connectivity index (χ4v) is 3.85. The SMILES string of the molecule is COc1ccc(Cl)cc1C(=O)/N=C1\SC(C)(C)CN1CCC(C)C. The number of halogens is 1. The van der Waals surface area contributed by atoms with Crippen molar-refractivity contribution in [3.63, 3.8) is 0 Å². The average molecular weight is 369 g/mol. The largest absolute Gasteiger partial charge is 0.496 e. The number of methoxy groups -OCH3 is 1. The number of carbonyl (C=O) groups excluding carboxylic acids is 1. The summed E-state index contributed by atoms with van der Waals surface area (Å²) in [6.07, 6.45) is 1.07. The Bertz CT molecular complexity index is 644. The molecule has 0 aliphatic carbocycles. The molecule has 132 valence electrons. The summed E-state index contributed by atoms with van der Waals surface area (Å²) in [6, 6.07) is 5.00. The van der Waals surface area contributed by atoms with Crippen LogP contribution in [0.3, 0.4) is 0 Å². The Morgan fingerprint density at radius 2 is 2.17 bits per heavy atom. The van der Waals surface area contributed by atoms with Gasteiger partial charge >= 0.3 is 0 Å². The minimum absolute atomic E-state index is 0.0501. The minimum Gasteiger partial charge on any atom is -0.496 e. The summed E-state index contributed by atoms with van der Waals surface area (Å²) in [4.78, 5) is 19.2. The Morgan fingerprint density at radius 1 is 1.46 bits per heavy atom. The zero-order valence-corrected chi connectivity index (χ0v) is 16.5. The second kappa shape index (κ2) is 7.79. The van der Waals surface area contributed by atoms with Crippen LogP contribution in [0.2, 0.25) is 5.02 Å². The van der Waals surface area contributed by atoms with E-state index in [0.717, 1.165) is 24.7 Å². The van der Waals surface area contributed by atoms with E-state index in [1.165, 1.54) is 7.11 Å². The molecule has 2 rings (SSSR count). The average Bonchev–Trinajstić information content (AvgIpc) is 2.78. The molecule has 0 N–H and O–H groups in total. The normalized spacial score (nSPS) is 18.5. The van der Waals surface area contributed by atoms with E-state index in [9.17, 15) is 4.79 Å². The van der Waals surface area contributed by atoms with E-state index in [1.807, 2.05) is 0 Å². The third kappa shape index (κ3) is 4.90. The number of rotatable bonds is 5. The molecule has 0 unspecified atom stereocenters. The minimum atomic E-state index is -0.316. The highest BCUT2D eigenvalue weighted by molar-refractivity contribution is 8.15. The molecule has 1 aliphatic heterocycles. The van der Waals surface area contributed by atoms with E-state index >= 15 is 0 Å². The predicted octanol–water partition coefficient (Wildman–Crippen LogP) is 4.72. The lowest BCUT2D eigenvalue weighted by molar-refractivity contribution is 0.0999. The molecule has 1 aromatic rings. The van der Waals surface area contributed by atoms with Crippen LogP contribution in [0.25, 0.3) is 0 Å². The van der Waals surface area contributed by atoms with Gasteiger partial charge in [-0.1, -0.05) is 37.2 Å². The number of amides is 1. The zero-order valence-electron chi connectivity index (χ0n) is 14.9. The molecule has 1 saturated heterocycles. The second-order valence-corrected chi connectivity index (χ2v) is 9.12. The van der Waals surface area contributed by atoms with Gasteiger partial charge in [0.2, 0.25) is 0 Å². The third-order valence-corrected chi connectivity index (χ3v) is 5.22. The fourth-order valence-electron chi connectivity index (χ4n) is 2.55. The first kappa shape index (κ1) is 19.1. The van der Waals surface area contributed by atoms with E-state index < -0.39 is 0 Å². The molecular weight excluding hydrogens is 344 g/mol. The number of nitrogens with zero attached hydrogens (tertiary/aromatic N) is 2. The summed E-state index contributed by atoms with van der Waals surface area (Å²) in [5, 5.41) is 1.28. The summed E-state index contributed by atoms with van der Waals surface area (Å²) in [5.74, 6) is 0.789. The molecule has 1 heterocycles. The number of ether oxygens (including phenoxy) is 1. The van der Waals surface area contributed by atoms with Crippen LogP contribution in [-0.4, -0.2) is 40.9 Å². The molecule has 4 nitrogen and oxygen atoms in total. The first-order valence-corrected chi connectivity index (χ1v) is 9.32. The smallest absolute Gasteiger partial charge is 0.283 e. The van der Waals surface area contributed by atoms with Crippen molar-refractivity contribution in [1.82, 2.24) is 4.90 Å². The van der Waals surface area contributed by atoms with Crippen LogP contribution >= 0.6 is 23.4 Å². The maximum atomic E-state index is 12.7. The zero-order chi connectivity index (χ0) is 17.9. The van der Waals surface area contributed by atoms with Crippen LogP contribution in [0.5, 0.6) is 5.75 Å². The van der Waals surface area contributed by atoms with Crippen LogP contribution in [0.4, 0.5) is 0 Å². The molecule has 1 amide bonds. The molecule has 6 heteroatoms. The maximum Gasteiger partial charge on any atom is 0.283 e. The van der Waals surface area contributed by atoms with Crippen molar-refractivity contribution in [2.45, 2.75) is 38.9 Å². The third-order valence-electron chi connectivity index (χ3n) is 3.78. The van der Waals surface area contributed by atoms with Gasteiger partial charge in [-0.15, -0.1) is 0 Å². The van der Waals surface area contributed by atoms with E-state index in [1.54, 1.807) is 30.0 Å². The Morgan fingerprint density at radius 3 is 2.79 bits per heavy atom. The number of carbonyl (C=O) groups is 1. The van der Waals surface area contributed by atoms with Gasteiger partial charge in [0.1, 0.15) is 5.75 Å². The van der Waals surface area contributed by atoms with Gasteiger partial charge in [-0.25, -0.2) is 0 Å². The number of amidine groups is 1. The van der Waals surface area contributed by atoms with Gasteiger partial charge in [0.05, 0.1) is 12.7 Å². The molecule has 1 aliphatic rings. The summed E-state index contributed by atoms with van der Waals surface area (Å²) in [5.41, 5.74) is 0.395. The molecule has 0 bridgehead atoms. The van der Waals surface area contributed by atoms with E-state index in [2.05, 4.69) is 37.6 Å². The van der Waals surface area contributed by atoms with Crippen LogP contribution in [-0.2, 0) is 0 Å². The monoisotopic (exact) mass is 368 g/mol. The lowest BCUT2D eigenvalue weighted by Gasteiger charge is -2.20. The molecule has 24 heavy (non-hydrogen) atoms. The van der Waals surface area contributed by atoms with Gasteiger partial charge in [-0.05, 0) is 44.4 Å². The maximum absolute atomic E-state index is 12.7. The highest BCUT2D eigenvalue weighted by Crippen LogP contribution is 2.36. The first-order chi connectivity index (χ1) is 11.2. The number of benzene rings is 1. The first-order valence-electron chi connectivity index (χ1n) is 8.12. The molecule has 0 radical (unpaired) electrons. The van der Waals surface area contributed by atoms with Crippen molar-refractivity contribution < 1.29 is 9.53 Å². The van der Waals surface area contributed by atoms with Gasteiger partial charge < -0.3 is 9.64 Å². The van der Waals surface area contributed by atoms with E-state index in [-0.39, 0.29) is 10.7 Å². The molecule has 0 saturated carbocycles. The molecule has 0 aromatic heterocycles. The van der Waals surface area contributed by atoms with E-state index in [4.69, 9.17) is 16.3 Å². The van der Waals surface area contributed by atoms with Crippen molar-refractivity contribution in [2.75, 3.05) is 20.2 Å². The lowest BCUT2D eigenvalue weighted by Crippen LogP contribution is -2.30. The standard InChI is InChI=1S/C18H25ClN2O2S/c1-12(2)8-9-21-11-18(3,4)24-17(21)20-16(22)14-10-13(19)6-7-15(14)23-5/h6-7,10,12H,8-9,11H2,1-5H3/b20-17-. The van der Waals surface area contributed by atoms with Gasteiger partial charge in [-0.3, -0.25) is 4.79 Å². The quantitative estimate of drug-likeness (QED) is 0.754. The van der Waals surface area contributed by atoms with Crippen LogP contribution in [0.15, 0.2) is 23.2 Å². The van der Waals surface area contributed by atoms with Crippen molar-refractivity contribution in [3.8, 4) is 5.75 Å². The van der Waals surface area contributed by atoms with Crippen molar-refractivity contribution in [2.24, 2.45) is 10.9 Å². The summed E-state index contributed by atoms with van der Waals surface area (Å²) >= 11 is 7.67. The van der Waals surface area contributed by atoms with Crippen LogP contribution in [0.1, 0.15) is 44.5 Å². The number of aliphatic imine (C=N–C) groups is 1. The summed E-state index contributed by atoms with van der Waals surface area (Å²) in [6.45, 7) is 10.6. The highest BCUT2D eigenvalue weighted by atomic mass is 35.5. The number of hydrogen-bond donors (Lipinski definition) is 0. The summed E-state index contributed by atoms with van der Waals surface area (Å²) < 4.78 is 5.31. The van der Waals surface area contributed by atoms with Gasteiger partial charge in [0.15, 0.2) is 5.17 Å². The van der Waals surface area contributed by atoms with Crippen LogP contribution < -0.4 is 4.74 Å². The fraction of sp³-hybridized carbons (Fsp3) is 0.556. The topological polar surface area (TPSA) is 41.9 Å². The molecule has 1 fully saturated rings. The Kier molecular flexibility index (Phi) is 6.21. The second-order valence-electron chi connectivity index (χ2n) is 7.01. The number of thioether (sulfide) groups is 1. The molecule has 1 aromatic carbocycles. The molecular formula is C18H25ClN2O2S. The van der Waals surface area contributed by atoms with Crippen LogP contribution in [0, 0.1) is 5.92 Å². The van der Waals surface area contributed by atoms with Crippen molar-refractivity contribution >= 4 is 34.4 Å².